The minimum atomic E-state index is -0.0400. The van der Waals surface area contributed by atoms with Crippen LogP contribution in [0, 0.1) is 0 Å². The number of hydrogen-bond donors (Lipinski definition) is 1. The van der Waals surface area contributed by atoms with E-state index >= 15 is 0 Å². The molecule has 0 saturated carbocycles. The van der Waals surface area contributed by atoms with Crippen molar-refractivity contribution in [1.29, 1.82) is 0 Å². The molecule has 6 nitrogen and oxygen atoms in total. The largest absolute Gasteiger partial charge is 0.397 e. The maximum Gasteiger partial charge on any atom is 0.255 e. The zero-order chi connectivity index (χ0) is 16.4. The van der Waals surface area contributed by atoms with Crippen LogP contribution in [0.25, 0.3) is 11.3 Å². The Kier molecular flexibility index (Phi) is 4.45. The summed E-state index contributed by atoms with van der Waals surface area (Å²) in [5.41, 5.74) is 8.17. The lowest BCUT2D eigenvalue weighted by molar-refractivity contribution is 0.0663. The van der Waals surface area contributed by atoms with Gasteiger partial charge in [-0.3, -0.25) is 14.8 Å². The SMILES string of the molecule is CN1CCN(C(=O)c2cnc(-c3ccncc3N)c(Cl)c2)CC1. The minimum Gasteiger partial charge on any atom is -0.397 e. The summed E-state index contributed by atoms with van der Waals surface area (Å²) in [7, 11) is 2.05. The van der Waals surface area contributed by atoms with Crippen LogP contribution in [0.2, 0.25) is 5.02 Å². The first-order valence-corrected chi connectivity index (χ1v) is 7.77. The highest BCUT2D eigenvalue weighted by Crippen LogP contribution is 2.30. The monoisotopic (exact) mass is 331 g/mol. The van der Waals surface area contributed by atoms with Gasteiger partial charge in [-0.15, -0.1) is 0 Å². The summed E-state index contributed by atoms with van der Waals surface area (Å²) in [5, 5.41) is 0.405. The second-order valence-corrected chi connectivity index (χ2v) is 6.02. The Morgan fingerprint density at radius 1 is 1.26 bits per heavy atom. The first-order valence-electron chi connectivity index (χ1n) is 7.39. The van der Waals surface area contributed by atoms with Crippen LogP contribution in [0.1, 0.15) is 10.4 Å². The molecule has 1 aliphatic rings. The number of halogens is 1. The van der Waals surface area contributed by atoms with Gasteiger partial charge in [-0.25, -0.2) is 0 Å². The Morgan fingerprint density at radius 2 is 2.00 bits per heavy atom. The predicted molar refractivity (Wildman–Crippen MR) is 90.3 cm³/mol. The molecule has 3 rings (SSSR count). The first kappa shape index (κ1) is 15.7. The summed E-state index contributed by atoms with van der Waals surface area (Å²) in [6.07, 6.45) is 4.74. The van der Waals surface area contributed by atoms with E-state index in [9.17, 15) is 4.79 Å². The Morgan fingerprint density at radius 3 is 2.65 bits per heavy atom. The molecule has 0 bridgehead atoms. The number of nitrogens with zero attached hydrogens (tertiary/aromatic N) is 4. The van der Waals surface area contributed by atoms with E-state index in [0.29, 0.717) is 40.6 Å². The van der Waals surface area contributed by atoms with Gasteiger partial charge in [0.1, 0.15) is 0 Å². The lowest BCUT2D eigenvalue weighted by atomic mass is 10.1. The number of anilines is 1. The maximum absolute atomic E-state index is 12.5. The van der Waals surface area contributed by atoms with Crippen LogP contribution in [0.3, 0.4) is 0 Å². The number of aromatic nitrogens is 2. The van der Waals surface area contributed by atoms with Gasteiger partial charge in [0, 0.05) is 44.1 Å². The van der Waals surface area contributed by atoms with Crippen LogP contribution < -0.4 is 5.73 Å². The van der Waals surface area contributed by atoms with Crippen molar-refractivity contribution in [2.24, 2.45) is 0 Å². The van der Waals surface area contributed by atoms with Crippen LogP contribution in [-0.2, 0) is 0 Å². The number of nitrogens with two attached hydrogens (primary N) is 1. The Bertz CT molecular complexity index is 728. The standard InChI is InChI=1S/C16H18ClN5O/c1-21-4-6-22(7-5-21)16(23)11-8-13(17)15(20-9-11)12-2-3-19-10-14(12)18/h2-3,8-10H,4-7,18H2,1H3. The van der Waals surface area contributed by atoms with Crippen molar-refractivity contribution in [2.45, 2.75) is 0 Å². The number of hydrogen-bond acceptors (Lipinski definition) is 5. The fourth-order valence-electron chi connectivity index (χ4n) is 2.57. The summed E-state index contributed by atoms with van der Waals surface area (Å²) >= 11 is 6.32. The molecule has 0 aliphatic carbocycles. The van der Waals surface area contributed by atoms with Gasteiger partial charge in [-0.05, 0) is 19.2 Å². The summed E-state index contributed by atoms with van der Waals surface area (Å²) in [5.74, 6) is -0.0400. The molecule has 2 aromatic rings. The van der Waals surface area contributed by atoms with Crippen LogP contribution in [0.4, 0.5) is 5.69 Å². The molecule has 3 heterocycles. The molecule has 1 fully saturated rings. The number of piperazine rings is 1. The van der Waals surface area contributed by atoms with Crippen molar-refractivity contribution < 1.29 is 4.79 Å². The lowest BCUT2D eigenvalue weighted by Gasteiger charge is -2.32. The number of rotatable bonds is 2. The third-order valence-electron chi connectivity index (χ3n) is 3.99. The number of carbonyl (C=O) groups excluding carboxylic acids is 1. The van der Waals surface area contributed by atoms with E-state index in [1.807, 2.05) is 11.9 Å². The van der Waals surface area contributed by atoms with Crippen molar-refractivity contribution in [2.75, 3.05) is 39.0 Å². The zero-order valence-electron chi connectivity index (χ0n) is 12.9. The van der Waals surface area contributed by atoms with Crippen LogP contribution in [0.5, 0.6) is 0 Å². The topological polar surface area (TPSA) is 75.3 Å². The summed E-state index contributed by atoms with van der Waals surface area (Å²) < 4.78 is 0. The van der Waals surface area contributed by atoms with Gasteiger partial charge >= 0.3 is 0 Å². The van der Waals surface area contributed by atoms with E-state index in [1.54, 1.807) is 30.7 Å². The van der Waals surface area contributed by atoms with Crippen LogP contribution >= 0.6 is 11.6 Å². The van der Waals surface area contributed by atoms with Gasteiger partial charge in [-0.1, -0.05) is 11.6 Å². The summed E-state index contributed by atoms with van der Waals surface area (Å²) in [4.78, 5) is 24.9. The highest BCUT2D eigenvalue weighted by atomic mass is 35.5. The third kappa shape index (κ3) is 3.28. The number of nitrogen functional groups attached to an aromatic ring is 1. The van der Waals surface area contributed by atoms with Gasteiger partial charge in [0.05, 0.1) is 28.2 Å². The maximum atomic E-state index is 12.5. The van der Waals surface area contributed by atoms with Gasteiger partial charge in [0.15, 0.2) is 0 Å². The Hall–Kier alpha value is -2.18. The van der Waals surface area contributed by atoms with E-state index in [-0.39, 0.29) is 5.91 Å². The quantitative estimate of drug-likeness (QED) is 0.907. The highest BCUT2D eigenvalue weighted by Gasteiger charge is 2.21. The molecule has 0 radical (unpaired) electrons. The normalized spacial score (nSPS) is 15.7. The number of carbonyl (C=O) groups is 1. The minimum absolute atomic E-state index is 0.0400. The molecule has 0 aromatic carbocycles. The van der Waals surface area contributed by atoms with Gasteiger partial charge < -0.3 is 15.5 Å². The molecule has 0 spiro atoms. The molecule has 0 atom stereocenters. The Labute approximate surface area is 139 Å². The molecule has 120 valence electrons. The number of amides is 1. The molecule has 1 amide bonds. The van der Waals surface area contributed by atoms with Crippen molar-refractivity contribution in [3.8, 4) is 11.3 Å². The second kappa shape index (κ2) is 6.52. The number of pyridine rings is 2. The Balaban J connectivity index is 1.85. The lowest BCUT2D eigenvalue weighted by Crippen LogP contribution is -2.47. The molecule has 2 N–H and O–H groups in total. The van der Waals surface area contributed by atoms with Gasteiger partial charge in [-0.2, -0.15) is 0 Å². The molecule has 7 heteroatoms. The molecule has 2 aromatic heterocycles. The van der Waals surface area contributed by atoms with Gasteiger partial charge in [0.2, 0.25) is 0 Å². The van der Waals surface area contributed by atoms with E-state index in [0.717, 1.165) is 13.1 Å². The predicted octanol–water partition coefficient (Wildman–Crippen LogP) is 1.77. The molecule has 1 saturated heterocycles. The average molecular weight is 332 g/mol. The molecule has 23 heavy (non-hydrogen) atoms. The average Bonchev–Trinajstić information content (AvgIpc) is 2.56. The van der Waals surface area contributed by atoms with Crippen LogP contribution in [0.15, 0.2) is 30.7 Å². The fourth-order valence-corrected chi connectivity index (χ4v) is 2.84. The van der Waals surface area contributed by atoms with E-state index in [2.05, 4.69) is 14.9 Å². The van der Waals surface area contributed by atoms with Crippen molar-refractivity contribution in [3.05, 3.63) is 41.3 Å². The summed E-state index contributed by atoms with van der Waals surface area (Å²) in [6, 6.07) is 3.41. The second-order valence-electron chi connectivity index (χ2n) is 5.61. The summed E-state index contributed by atoms with van der Waals surface area (Å²) in [6.45, 7) is 3.18. The molecule has 0 unspecified atom stereocenters. The zero-order valence-corrected chi connectivity index (χ0v) is 13.6. The smallest absolute Gasteiger partial charge is 0.255 e. The molecule has 1 aliphatic heterocycles. The van der Waals surface area contributed by atoms with E-state index < -0.39 is 0 Å². The first-order chi connectivity index (χ1) is 11.1. The van der Waals surface area contributed by atoms with E-state index in [4.69, 9.17) is 17.3 Å². The highest BCUT2D eigenvalue weighted by molar-refractivity contribution is 6.33. The van der Waals surface area contributed by atoms with Crippen LogP contribution in [-0.4, -0.2) is 58.9 Å². The molecular weight excluding hydrogens is 314 g/mol. The van der Waals surface area contributed by atoms with Crippen molar-refractivity contribution >= 4 is 23.2 Å². The van der Waals surface area contributed by atoms with Crippen molar-refractivity contribution in [1.82, 2.24) is 19.8 Å². The molecular formula is C16H18ClN5O. The van der Waals surface area contributed by atoms with Gasteiger partial charge in [0.25, 0.3) is 5.91 Å². The van der Waals surface area contributed by atoms with E-state index in [1.165, 1.54) is 0 Å². The van der Waals surface area contributed by atoms with Crippen molar-refractivity contribution in [3.63, 3.8) is 0 Å². The third-order valence-corrected chi connectivity index (χ3v) is 4.27. The number of likely N-dealkylation sites (N-methyl/N-ethyl adjacent to an activating group) is 1. The fraction of sp³-hybridized carbons (Fsp3) is 0.312.